The largest absolute Gasteiger partial charge is 0.481 e. The van der Waals surface area contributed by atoms with Gasteiger partial charge in [0.15, 0.2) is 0 Å². The van der Waals surface area contributed by atoms with E-state index in [0.29, 0.717) is 29.2 Å². The monoisotopic (exact) mass is 359 g/mol. The number of hydrogen-bond acceptors (Lipinski definition) is 6. The number of ether oxygens (including phenoxy) is 1. The van der Waals surface area contributed by atoms with E-state index in [1.807, 2.05) is 11.8 Å². The lowest BCUT2D eigenvalue weighted by Crippen LogP contribution is -2.20. The first-order chi connectivity index (χ1) is 12.2. The lowest BCUT2D eigenvalue weighted by molar-refractivity contribution is 0.393. The van der Waals surface area contributed by atoms with Crippen LogP contribution >= 0.6 is 11.8 Å². The third-order valence-corrected chi connectivity index (χ3v) is 5.70. The molecule has 1 aliphatic heterocycles. The van der Waals surface area contributed by atoms with Gasteiger partial charge in [0, 0.05) is 17.9 Å². The van der Waals surface area contributed by atoms with Crippen LogP contribution < -0.4 is 10.3 Å². The number of hydrogen-bond donors (Lipinski definition) is 0. The van der Waals surface area contributed by atoms with Crippen molar-refractivity contribution >= 4 is 34.0 Å². The van der Waals surface area contributed by atoms with Gasteiger partial charge < -0.3 is 9.15 Å². The molecule has 4 rings (SSSR count). The SMILES string of the molecule is CCCCCn1cnc2c(oc3nc(OC)c4c(c32)CCSC4)c1=O. The minimum atomic E-state index is -0.128. The van der Waals surface area contributed by atoms with Gasteiger partial charge in [0.25, 0.3) is 5.56 Å². The molecule has 0 spiro atoms. The Labute approximate surface area is 149 Å². The molecule has 0 atom stereocenters. The molecule has 0 bridgehead atoms. The highest BCUT2D eigenvalue weighted by Crippen LogP contribution is 2.38. The fourth-order valence-corrected chi connectivity index (χ4v) is 4.41. The average Bonchev–Trinajstić information content (AvgIpc) is 3.02. The Morgan fingerprint density at radius 3 is 3.04 bits per heavy atom. The van der Waals surface area contributed by atoms with Gasteiger partial charge in [0.05, 0.1) is 18.8 Å². The van der Waals surface area contributed by atoms with Gasteiger partial charge in [0.2, 0.25) is 17.2 Å². The molecular weight excluding hydrogens is 338 g/mol. The van der Waals surface area contributed by atoms with Crippen LogP contribution in [0.3, 0.4) is 0 Å². The molecule has 3 aromatic heterocycles. The van der Waals surface area contributed by atoms with Crippen molar-refractivity contribution in [3.63, 3.8) is 0 Å². The smallest absolute Gasteiger partial charge is 0.297 e. The van der Waals surface area contributed by atoms with Gasteiger partial charge in [-0.1, -0.05) is 19.8 Å². The fraction of sp³-hybridized carbons (Fsp3) is 0.500. The van der Waals surface area contributed by atoms with Crippen LogP contribution in [0.5, 0.6) is 5.88 Å². The third-order valence-electron chi connectivity index (χ3n) is 4.71. The summed E-state index contributed by atoms with van der Waals surface area (Å²) in [5.41, 5.74) is 3.52. The summed E-state index contributed by atoms with van der Waals surface area (Å²) in [7, 11) is 1.62. The Kier molecular flexibility index (Phi) is 4.41. The first kappa shape index (κ1) is 16.4. The quantitative estimate of drug-likeness (QED) is 0.649. The number of aromatic nitrogens is 3. The molecule has 132 valence electrons. The summed E-state index contributed by atoms with van der Waals surface area (Å²) in [6.07, 6.45) is 5.72. The maximum absolute atomic E-state index is 12.8. The van der Waals surface area contributed by atoms with Crippen LogP contribution in [0.15, 0.2) is 15.5 Å². The number of furan rings is 1. The second-order valence-electron chi connectivity index (χ2n) is 6.29. The topological polar surface area (TPSA) is 70.2 Å². The number of fused-ring (bicyclic) bond motifs is 5. The molecule has 0 aromatic carbocycles. The molecule has 0 amide bonds. The summed E-state index contributed by atoms with van der Waals surface area (Å²) in [5, 5.41) is 0.879. The van der Waals surface area contributed by atoms with Crippen molar-refractivity contribution in [3.8, 4) is 5.88 Å². The number of nitrogens with zero attached hydrogens (tertiary/aromatic N) is 3. The molecule has 7 heteroatoms. The first-order valence-electron chi connectivity index (χ1n) is 8.69. The Morgan fingerprint density at radius 2 is 2.24 bits per heavy atom. The minimum absolute atomic E-state index is 0.128. The van der Waals surface area contributed by atoms with Crippen LogP contribution in [-0.4, -0.2) is 27.4 Å². The fourth-order valence-electron chi connectivity index (χ4n) is 3.41. The predicted molar refractivity (Wildman–Crippen MR) is 99.5 cm³/mol. The van der Waals surface area contributed by atoms with E-state index < -0.39 is 0 Å². The average molecular weight is 359 g/mol. The van der Waals surface area contributed by atoms with Crippen LogP contribution in [0.25, 0.3) is 22.2 Å². The number of aryl methyl sites for hydroxylation is 2. The molecule has 4 heterocycles. The van der Waals surface area contributed by atoms with Crippen molar-refractivity contribution in [2.24, 2.45) is 0 Å². The lowest BCUT2D eigenvalue weighted by Gasteiger charge is -2.17. The molecule has 0 saturated carbocycles. The molecule has 1 aliphatic rings. The van der Waals surface area contributed by atoms with Crippen LogP contribution in [0.4, 0.5) is 0 Å². The molecule has 3 aromatic rings. The second-order valence-corrected chi connectivity index (χ2v) is 7.40. The number of rotatable bonds is 5. The van der Waals surface area contributed by atoms with Crippen molar-refractivity contribution in [2.75, 3.05) is 12.9 Å². The Hall–Kier alpha value is -2.02. The Bertz CT molecular complexity index is 993. The maximum Gasteiger partial charge on any atom is 0.297 e. The molecular formula is C18H21N3O3S. The van der Waals surface area contributed by atoms with E-state index in [0.717, 1.165) is 53.7 Å². The van der Waals surface area contributed by atoms with E-state index in [2.05, 4.69) is 16.9 Å². The van der Waals surface area contributed by atoms with Gasteiger partial charge in [-0.2, -0.15) is 16.7 Å². The number of pyridine rings is 1. The number of thioether (sulfide) groups is 1. The van der Waals surface area contributed by atoms with Gasteiger partial charge in [-0.15, -0.1) is 0 Å². The standard InChI is InChI=1S/C18H21N3O3S/c1-3-4-5-7-21-10-19-14-13-11-6-8-25-9-12(11)16(23-2)20-17(13)24-15(14)18(21)22/h10H,3-9H2,1-2H3. The zero-order chi connectivity index (χ0) is 17.4. The third kappa shape index (κ3) is 2.70. The van der Waals surface area contributed by atoms with Crippen molar-refractivity contribution in [1.82, 2.24) is 14.5 Å². The van der Waals surface area contributed by atoms with Gasteiger partial charge in [0.1, 0.15) is 5.52 Å². The molecule has 0 aliphatic carbocycles. The van der Waals surface area contributed by atoms with E-state index in [1.54, 1.807) is 18.0 Å². The highest BCUT2D eigenvalue weighted by Gasteiger charge is 2.25. The molecule has 0 saturated heterocycles. The molecule has 0 N–H and O–H groups in total. The van der Waals surface area contributed by atoms with E-state index in [1.165, 1.54) is 0 Å². The normalized spacial score (nSPS) is 14.2. The van der Waals surface area contributed by atoms with Crippen LogP contribution in [-0.2, 0) is 18.7 Å². The van der Waals surface area contributed by atoms with E-state index >= 15 is 0 Å². The van der Waals surface area contributed by atoms with Crippen molar-refractivity contribution < 1.29 is 9.15 Å². The Morgan fingerprint density at radius 1 is 1.36 bits per heavy atom. The van der Waals surface area contributed by atoms with Gasteiger partial charge in [-0.25, -0.2) is 4.98 Å². The predicted octanol–water partition coefficient (Wildman–Crippen LogP) is 3.53. The first-order valence-corrected chi connectivity index (χ1v) is 9.85. The van der Waals surface area contributed by atoms with Gasteiger partial charge in [-0.05, 0) is 24.2 Å². The summed E-state index contributed by atoms with van der Waals surface area (Å²) in [6.45, 7) is 2.81. The molecule has 0 fully saturated rings. The Balaban J connectivity index is 1.93. The number of methoxy groups -OCH3 is 1. The van der Waals surface area contributed by atoms with E-state index in [4.69, 9.17) is 9.15 Å². The molecule has 0 radical (unpaired) electrons. The van der Waals surface area contributed by atoms with Gasteiger partial charge in [-0.3, -0.25) is 9.36 Å². The van der Waals surface area contributed by atoms with E-state index in [9.17, 15) is 4.79 Å². The maximum atomic E-state index is 12.8. The van der Waals surface area contributed by atoms with E-state index in [-0.39, 0.29) is 5.56 Å². The molecule has 6 nitrogen and oxygen atoms in total. The van der Waals surface area contributed by atoms with Gasteiger partial charge >= 0.3 is 0 Å². The van der Waals surface area contributed by atoms with Crippen LogP contribution in [0, 0.1) is 0 Å². The van der Waals surface area contributed by atoms with Crippen molar-refractivity contribution in [2.45, 2.75) is 44.9 Å². The summed E-state index contributed by atoms with van der Waals surface area (Å²) in [5.74, 6) is 2.50. The number of unbranched alkanes of at least 4 members (excludes halogenated alkanes) is 2. The van der Waals surface area contributed by atoms with Crippen LogP contribution in [0.2, 0.25) is 0 Å². The van der Waals surface area contributed by atoms with Crippen LogP contribution in [0.1, 0.15) is 37.3 Å². The lowest BCUT2D eigenvalue weighted by atomic mass is 10.0. The second kappa shape index (κ2) is 6.71. The summed E-state index contributed by atoms with van der Waals surface area (Å²) >= 11 is 1.86. The highest BCUT2D eigenvalue weighted by atomic mass is 32.2. The molecule has 0 unspecified atom stereocenters. The zero-order valence-electron chi connectivity index (χ0n) is 14.5. The zero-order valence-corrected chi connectivity index (χ0v) is 15.3. The summed E-state index contributed by atoms with van der Waals surface area (Å²) in [4.78, 5) is 21.8. The highest BCUT2D eigenvalue weighted by molar-refractivity contribution is 7.98. The van der Waals surface area contributed by atoms with Crippen molar-refractivity contribution in [3.05, 3.63) is 27.8 Å². The minimum Gasteiger partial charge on any atom is -0.481 e. The summed E-state index contributed by atoms with van der Waals surface area (Å²) < 4.78 is 12.9. The summed E-state index contributed by atoms with van der Waals surface area (Å²) in [6, 6.07) is 0. The van der Waals surface area contributed by atoms with Crippen molar-refractivity contribution in [1.29, 1.82) is 0 Å². The molecule has 25 heavy (non-hydrogen) atoms.